The molecule has 0 aliphatic carbocycles. The highest BCUT2D eigenvalue weighted by Crippen LogP contribution is 2.34. The van der Waals surface area contributed by atoms with E-state index in [1.807, 2.05) is 163 Å². The van der Waals surface area contributed by atoms with Gasteiger partial charge in [0.15, 0.2) is 44.7 Å². The predicted molar refractivity (Wildman–Crippen MR) is 584 cm³/mol. The van der Waals surface area contributed by atoms with Gasteiger partial charge in [-0.3, -0.25) is 19.2 Å². The molecule has 40 heteroatoms. The van der Waals surface area contributed by atoms with Crippen LogP contribution in [0.1, 0.15) is 197 Å². The molecule has 11 aromatic heterocycles. The van der Waals surface area contributed by atoms with Crippen LogP contribution in [0.4, 0.5) is 38.5 Å². The lowest BCUT2D eigenvalue weighted by atomic mass is 9.92. The number of amides is 3. The first-order chi connectivity index (χ1) is 70.2. The summed E-state index contributed by atoms with van der Waals surface area (Å²) in [6.07, 6.45) is 12.2. The molecule has 0 radical (unpaired) electrons. The third-order valence-corrected chi connectivity index (χ3v) is 25.7. The molecule has 3 aromatic carbocycles. The maximum Gasteiger partial charge on any atom is 0.410 e. The van der Waals surface area contributed by atoms with Gasteiger partial charge < -0.3 is 64.8 Å². The van der Waals surface area contributed by atoms with Crippen molar-refractivity contribution in [3.8, 4) is 17.5 Å². The molecule has 18 rings (SSSR count). The van der Waals surface area contributed by atoms with E-state index in [2.05, 4.69) is 168 Å². The van der Waals surface area contributed by atoms with Crippen molar-refractivity contribution < 1.29 is 42.8 Å². The van der Waals surface area contributed by atoms with E-state index in [9.17, 15) is 28.8 Å². The molecule has 148 heavy (non-hydrogen) atoms. The van der Waals surface area contributed by atoms with Gasteiger partial charge in [0, 0.05) is 154 Å². The van der Waals surface area contributed by atoms with E-state index in [0.717, 1.165) is 93.6 Å². The number of aromatic nitrogens is 18. The second-order valence-electron chi connectivity index (χ2n) is 42.1. The average molecular weight is 2120 g/mol. The molecule has 37 nitrogen and oxygen atoms in total. The zero-order chi connectivity index (χ0) is 107. The third kappa shape index (κ3) is 28.4. The second kappa shape index (κ2) is 48.4. The van der Waals surface area contributed by atoms with Crippen molar-refractivity contribution in [3.05, 3.63) is 255 Å². The zero-order valence-electron chi connectivity index (χ0n) is 89.2. The minimum atomic E-state index is -0.552. The number of fused-ring (bicyclic) bond motifs is 7. The van der Waals surface area contributed by atoms with Gasteiger partial charge in [0.25, 0.3) is 22.6 Å². The van der Waals surface area contributed by atoms with Gasteiger partial charge in [0.2, 0.25) is 11.9 Å². The summed E-state index contributed by atoms with van der Waals surface area (Å²) in [5.41, 5.74) is 20.5. The minimum absolute atomic E-state index is 0.000275. The number of hydrogen-bond donors (Lipinski definition) is 4. The van der Waals surface area contributed by atoms with Crippen LogP contribution < -0.4 is 38.4 Å². The van der Waals surface area contributed by atoms with Gasteiger partial charge >= 0.3 is 12.2 Å². The van der Waals surface area contributed by atoms with E-state index in [-0.39, 0.29) is 56.4 Å². The molecule has 0 unspecified atom stereocenters. The summed E-state index contributed by atoms with van der Waals surface area (Å²) in [4.78, 5) is 136. The number of benzene rings is 3. The van der Waals surface area contributed by atoms with Crippen molar-refractivity contribution in [2.45, 2.75) is 233 Å². The first kappa shape index (κ1) is 112. The number of hydrogen-bond acceptors (Lipinski definition) is 30. The largest absolute Gasteiger partial charge is 0.444 e. The topological polar surface area (TPSA) is 414 Å². The van der Waals surface area contributed by atoms with Crippen molar-refractivity contribution in [2.24, 2.45) is 0 Å². The molecule has 786 valence electrons. The Bertz CT molecular complexity index is 7260. The standard InChI is InChI=1S/C31H39N7O4.C26H31N7O2.C18H23N5O2S.C14H20N2O2.C10H13N3O2S.C9H12BrN/c1-30(2,3)24-9-8-10-25(34-24)38-26-23(27(39)37(38)15-16-41-7)18-32-28(35-26)33-22-12-11-20-13-14-36(19-21(20)17-22)29(40)42-31(4,5)6;1-26(2,3)21-6-5-7-22(30-21)33-23-20(24(34)32(33)12-13-35-4)16-28-25(31-23)29-19-9-8-17-10-11-27-15-18(17)14-19;1-18(2,3)13-7-6-8-14(20-13)23-15-12(11-19-17(21-15)26-5)16(24)22(23)9-10-25-4;1-14(2,3)18-13(17)16-7-6-10-4-5-12(15)8-11(10)9-16;1-15-4-3-13-6-8-7(9(13)14)5-11-10(12-8)16-2;1-9(2,3)7-5-4-6-8(10)11-7/h8-12,17-18H,13-16,19H2,1-7H3,(H,32,33,35);5-9,14,16,27H,10-13,15H2,1-4H3,(H,28,29,31);6-8,11H,9-10H2,1-5H3;4-5,8H,6-7,9,15H2,1-3H3;5H,3-4,6H2,1-2H3;4-6H,1-3H3. The quantitative estimate of drug-likeness (QED) is 0.0225. The van der Waals surface area contributed by atoms with Crippen LogP contribution in [0.2, 0.25) is 0 Å². The van der Waals surface area contributed by atoms with E-state index in [4.69, 9.17) is 59.1 Å². The molecule has 4 aliphatic rings. The lowest BCUT2D eigenvalue weighted by molar-refractivity contribution is 0.0214. The molecule has 0 fully saturated rings. The molecule has 0 spiro atoms. The van der Waals surface area contributed by atoms with Crippen LogP contribution in [0, 0.1) is 0 Å². The van der Waals surface area contributed by atoms with Gasteiger partial charge in [0.1, 0.15) is 32.0 Å². The number of thioether (sulfide) groups is 2. The molecular weight excluding hydrogens is 1980 g/mol. The van der Waals surface area contributed by atoms with Gasteiger partial charge in [-0.2, -0.15) is 9.97 Å². The van der Waals surface area contributed by atoms with E-state index in [1.165, 1.54) is 45.8 Å². The number of ether oxygens (including phenoxy) is 6. The van der Waals surface area contributed by atoms with Gasteiger partial charge in [0.05, 0.1) is 63.9 Å². The molecule has 15 heterocycles. The van der Waals surface area contributed by atoms with Gasteiger partial charge in [-0.05, 0) is 214 Å². The van der Waals surface area contributed by atoms with Gasteiger partial charge in [-0.1, -0.05) is 149 Å². The van der Waals surface area contributed by atoms with Gasteiger partial charge in [-0.25, -0.2) is 87.5 Å². The number of methoxy groups -OCH3 is 4. The Morgan fingerprint density at radius 1 is 0.419 bits per heavy atom. The Balaban J connectivity index is 0.000000156. The minimum Gasteiger partial charge on any atom is -0.444 e. The normalized spacial score (nSPS) is 13.5. The number of nitrogen functional groups attached to an aromatic ring is 1. The molecule has 3 amide bonds. The van der Waals surface area contributed by atoms with Crippen molar-refractivity contribution in [3.63, 3.8) is 0 Å². The van der Waals surface area contributed by atoms with E-state index in [0.29, 0.717) is 164 Å². The number of nitrogens with zero attached hydrogens (tertiary/aromatic N) is 21. The number of anilines is 5. The second-order valence-corrected chi connectivity index (χ2v) is 44.4. The van der Waals surface area contributed by atoms with Crippen molar-refractivity contribution in [1.82, 2.24) is 108 Å². The fraction of sp³-hybridized carbons (Fsp3) is 0.444. The smallest absolute Gasteiger partial charge is 0.410 e. The van der Waals surface area contributed by atoms with Gasteiger partial charge in [-0.15, -0.1) is 0 Å². The van der Waals surface area contributed by atoms with E-state index < -0.39 is 11.2 Å². The van der Waals surface area contributed by atoms with E-state index in [1.54, 1.807) is 96.0 Å². The summed E-state index contributed by atoms with van der Waals surface area (Å²) in [5.74, 6) is 2.64. The SMILES string of the molecule is CC(C)(C)OC(=O)N1CCc2ccc(N)cc2C1.CC(C)(C)c1cccc(Br)n1.COCCN1Cc2nc(SC)ncc2C1=O.COCCn1c(=O)c2cnc(Nc3ccc4c(c3)CN(C(=O)OC(C)(C)C)CC4)nc2n1-c1cccc(C(C)(C)C)n1.COCCn1c(=O)c2cnc(Nc3ccc4c(c3)CNCC4)nc2n1-c1cccc(C(C)(C)C)n1.COCCn1c(=O)c2cnc(SC)nc2n1-c1cccc(C(C)(C)C)n1. The van der Waals surface area contributed by atoms with Crippen LogP contribution >= 0.6 is 39.5 Å². The van der Waals surface area contributed by atoms with Crippen molar-refractivity contribution in [2.75, 3.05) is 110 Å². The number of pyridine rings is 4. The summed E-state index contributed by atoms with van der Waals surface area (Å²) in [6, 6.07) is 41.7. The Hall–Kier alpha value is -13.2. The van der Waals surface area contributed by atoms with E-state index >= 15 is 0 Å². The highest BCUT2D eigenvalue weighted by Gasteiger charge is 2.33. The Morgan fingerprint density at radius 3 is 1.21 bits per heavy atom. The maximum atomic E-state index is 13.4. The summed E-state index contributed by atoms with van der Waals surface area (Å²) >= 11 is 6.26. The lowest BCUT2D eigenvalue weighted by Crippen LogP contribution is -2.39. The zero-order valence-corrected chi connectivity index (χ0v) is 92.4. The fourth-order valence-electron chi connectivity index (χ4n) is 16.4. The molecular formula is C108H138BrN25O12S2. The first-order valence-electron chi connectivity index (χ1n) is 49.2. The molecule has 0 saturated heterocycles. The average Bonchev–Trinajstić information content (AvgIpc) is 1.61. The number of nitrogens with one attached hydrogen (secondary N) is 3. The fourth-order valence-corrected chi connectivity index (χ4v) is 17.5. The van der Waals surface area contributed by atoms with Crippen LogP contribution in [0.25, 0.3) is 50.6 Å². The Kier molecular flexibility index (Phi) is 36.6. The number of carbonyl (C=O) groups is 3. The number of nitrogens with two attached hydrogens (primary N) is 1. The Labute approximate surface area is 880 Å². The lowest BCUT2D eigenvalue weighted by Gasteiger charge is -2.31. The molecule has 4 aliphatic heterocycles. The predicted octanol–water partition coefficient (Wildman–Crippen LogP) is 17.4. The summed E-state index contributed by atoms with van der Waals surface area (Å²) in [7, 11) is 6.46. The summed E-state index contributed by atoms with van der Waals surface area (Å²) in [6.45, 7) is 44.8. The molecule has 5 N–H and O–H groups in total. The van der Waals surface area contributed by atoms with Crippen LogP contribution in [-0.4, -0.2) is 225 Å². The molecule has 0 bridgehead atoms. The maximum absolute atomic E-state index is 13.4. The number of carbonyl (C=O) groups excluding carboxylic acids is 3. The highest BCUT2D eigenvalue weighted by atomic mass is 79.9. The highest BCUT2D eigenvalue weighted by molar-refractivity contribution is 9.10. The van der Waals surface area contributed by atoms with Crippen LogP contribution in [-0.2, 0) is 115 Å². The Morgan fingerprint density at radius 2 is 0.797 bits per heavy atom. The third-order valence-electron chi connectivity index (χ3n) is 24.2. The van der Waals surface area contributed by atoms with Crippen LogP contribution in [0.15, 0.2) is 181 Å². The summed E-state index contributed by atoms with van der Waals surface area (Å²) < 4.78 is 42.7. The van der Waals surface area contributed by atoms with Crippen molar-refractivity contribution in [1.29, 1.82) is 0 Å². The molecule has 14 aromatic rings. The number of rotatable bonds is 21. The monoisotopic (exact) mass is 2120 g/mol. The molecule has 0 atom stereocenters. The van der Waals surface area contributed by atoms with Crippen LogP contribution in [0.3, 0.4) is 0 Å². The van der Waals surface area contributed by atoms with Crippen molar-refractivity contribution >= 4 is 120 Å². The molecule has 0 saturated carbocycles. The number of halogens is 1. The first-order valence-corrected chi connectivity index (χ1v) is 52.4. The summed E-state index contributed by atoms with van der Waals surface area (Å²) in [5, 5.41) is 12.6. The van der Waals surface area contributed by atoms with Crippen LogP contribution in [0.5, 0.6) is 0 Å².